The van der Waals surface area contributed by atoms with E-state index in [0.717, 1.165) is 12.7 Å². The molecule has 0 aromatic rings. The van der Waals surface area contributed by atoms with E-state index >= 15 is 0 Å². The van der Waals surface area contributed by atoms with Crippen LogP contribution in [0.1, 0.15) is 13.8 Å². The van der Waals surface area contributed by atoms with Crippen molar-refractivity contribution in [1.29, 1.82) is 0 Å². The molecule has 0 rings (SSSR count). The van der Waals surface area contributed by atoms with E-state index in [1.807, 2.05) is 6.92 Å². The summed E-state index contributed by atoms with van der Waals surface area (Å²) in [6.45, 7) is 3.01. The molecule has 0 aliphatic rings. The third-order valence-corrected chi connectivity index (χ3v) is 1.97. The van der Waals surface area contributed by atoms with Gasteiger partial charge >= 0.3 is 6.18 Å². The molecule has 0 fully saturated rings. The average molecular weight is 184 g/mol. The monoisotopic (exact) mass is 184 g/mol. The molecule has 0 radical (unpaired) electrons. The Balaban J connectivity index is 3.81. The van der Waals surface area contributed by atoms with Gasteiger partial charge in [0.15, 0.2) is 0 Å². The molecular weight excluding hydrogens is 173 g/mol. The molecule has 0 unspecified atom stereocenters. The lowest BCUT2D eigenvalue weighted by atomic mass is 10.3. The molecule has 0 heterocycles. The Hall–Kier alpha value is -0.120. The number of halogens is 3. The Morgan fingerprint density at radius 2 is 2.00 bits per heavy atom. The fourth-order valence-electron chi connectivity index (χ4n) is 0.418. The van der Waals surface area contributed by atoms with Crippen molar-refractivity contribution in [1.82, 2.24) is 0 Å². The van der Waals surface area contributed by atoms with E-state index in [2.05, 4.69) is 0 Å². The maximum Gasteiger partial charge on any atom is 0.412 e. The first-order valence-corrected chi connectivity index (χ1v) is 4.45. The lowest BCUT2D eigenvalue weighted by molar-refractivity contribution is -0.0914. The highest BCUT2D eigenvalue weighted by molar-refractivity contribution is 7.99. The zero-order chi connectivity index (χ0) is 8.91. The Morgan fingerprint density at radius 1 is 1.45 bits per heavy atom. The number of hydrogen-bond acceptors (Lipinski definition) is 1. The van der Waals surface area contributed by atoms with Crippen molar-refractivity contribution < 1.29 is 13.2 Å². The SMILES string of the molecule is CCSC/C=C(\C)C(F)(F)F. The van der Waals surface area contributed by atoms with Gasteiger partial charge in [-0.05, 0) is 12.7 Å². The van der Waals surface area contributed by atoms with Gasteiger partial charge in [-0.25, -0.2) is 0 Å². The largest absolute Gasteiger partial charge is 0.412 e. The number of alkyl halides is 3. The second kappa shape index (κ2) is 4.70. The summed E-state index contributed by atoms with van der Waals surface area (Å²) in [7, 11) is 0. The van der Waals surface area contributed by atoms with Crippen LogP contribution in [0.15, 0.2) is 11.6 Å². The van der Waals surface area contributed by atoms with Crippen LogP contribution < -0.4 is 0 Å². The minimum atomic E-state index is -4.14. The zero-order valence-corrected chi connectivity index (χ0v) is 7.35. The topological polar surface area (TPSA) is 0 Å². The van der Waals surface area contributed by atoms with Gasteiger partial charge < -0.3 is 0 Å². The van der Waals surface area contributed by atoms with Crippen LogP contribution >= 0.6 is 11.8 Å². The lowest BCUT2D eigenvalue weighted by Crippen LogP contribution is -2.08. The Bertz CT molecular complexity index is 137. The van der Waals surface area contributed by atoms with Crippen LogP contribution in [0, 0.1) is 0 Å². The van der Waals surface area contributed by atoms with Crippen molar-refractivity contribution in [2.75, 3.05) is 11.5 Å². The smallest absolute Gasteiger partial charge is 0.167 e. The molecule has 0 aromatic carbocycles. The summed E-state index contributed by atoms with van der Waals surface area (Å²) in [4.78, 5) is 0. The van der Waals surface area contributed by atoms with Crippen LogP contribution in [0.2, 0.25) is 0 Å². The van der Waals surface area contributed by atoms with Crippen molar-refractivity contribution >= 4 is 11.8 Å². The molecule has 0 amide bonds. The summed E-state index contributed by atoms with van der Waals surface area (Å²) in [6.07, 6.45) is -2.93. The number of allylic oxidation sites excluding steroid dienone is 1. The zero-order valence-electron chi connectivity index (χ0n) is 6.53. The minimum absolute atomic E-state index is 0.446. The first kappa shape index (κ1) is 10.9. The molecule has 0 aliphatic heterocycles. The normalized spacial score (nSPS) is 13.7. The highest BCUT2D eigenvalue weighted by atomic mass is 32.2. The highest BCUT2D eigenvalue weighted by Gasteiger charge is 2.29. The van der Waals surface area contributed by atoms with Crippen LogP contribution in [-0.4, -0.2) is 17.7 Å². The fraction of sp³-hybridized carbons (Fsp3) is 0.714. The molecule has 4 heteroatoms. The number of thioether (sulfide) groups is 1. The van der Waals surface area contributed by atoms with Crippen molar-refractivity contribution in [3.63, 3.8) is 0 Å². The van der Waals surface area contributed by atoms with Crippen molar-refractivity contribution in [2.24, 2.45) is 0 Å². The van der Waals surface area contributed by atoms with Gasteiger partial charge in [0.1, 0.15) is 0 Å². The third-order valence-electron chi connectivity index (χ3n) is 1.16. The predicted octanol–water partition coefficient (Wildman–Crippen LogP) is 3.25. The standard InChI is InChI=1S/C7H11F3S/c1-3-11-5-4-6(2)7(8,9)10/h4H,3,5H2,1-2H3/b6-4+. The second-order valence-corrected chi connectivity index (χ2v) is 3.36. The van der Waals surface area contributed by atoms with Gasteiger partial charge in [0.2, 0.25) is 0 Å². The first-order chi connectivity index (χ1) is 4.98. The average Bonchev–Trinajstić information content (AvgIpc) is 1.86. The van der Waals surface area contributed by atoms with Gasteiger partial charge in [-0.3, -0.25) is 0 Å². The first-order valence-electron chi connectivity index (χ1n) is 3.30. The van der Waals surface area contributed by atoms with E-state index < -0.39 is 11.7 Å². The third kappa shape index (κ3) is 5.18. The number of hydrogen-bond donors (Lipinski definition) is 0. The van der Waals surface area contributed by atoms with Gasteiger partial charge in [0.05, 0.1) is 0 Å². The number of rotatable bonds is 3. The van der Waals surface area contributed by atoms with Gasteiger partial charge in [-0.15, -0.1) is 0 Å². The van der Waals surface area contributed by atoms with E-state index in [0.29, 0.717) is 5.75 Å². The molecular formula is C7H11F3S. The van der Waals surface area contributed by atoms with E-state index in [1.165, 1.54) is 17.8 Å². The molecule has 0 atom stereocenters. The molecule has 66 valence electrons. The summed E-state index contributed by atoms with van der Waals surface area (Å²) >= 11 is 1.48. The van der Waals surface area contributed by atoms with E-state index in [-0.39, 0.29) is 0 Å². The molecule has 0 bridgehead atoms. The molecule has 0 aliphatic carbocycles. The Labute approximate surface area is 68.9 Å². The van der Waals surface area contributed by atoms with Gasteiger partial charge in [-0.1, -0.05) is 13.0 Å². The van der Waals surface area contributed by atoms with Crippen molar-refractivity contribution in [3.05, 3.63) is 11.6 Å². The van der Waals surface area contributed by atoms with Gasteiger partial charge in [0.25, 0.3) is 0 Å². The van der Waals surface area contributed by atoms with Crippen molar-refractivity contribution in [3.8, 4) is 0 Å². The van der Waals surface area contributed by atoms with E-state index in [1.54, 1.807) is 0 Å². The Kier molecular flexibility index (Phi) is 4.65. The summed E-state index contributed by atoms with van der Waals surface area (Å²) in [5, 5.41) is 0. The second-order valence-electron chi connectivity index (χ2n) is 2.04. The molecule has 11 heavy (non-hydrogen) atoms. The Morgan fingerprint density at radius 3 is 2.36 bits per heavy atom. The van der Waals surface area contributed by atoms with Crippen LogP contribution in [0.5, 0.6) is 0 Å². The molecule has 0 saturated heterocycles. The summed E-state index contributed by atoms with van der Waals surface area (Å²) < 4.78 is 35.4. The summed E-state index contributed by atoms with van der Waals surface area (Å²) in [5.41, 5.74) is -0.501. The van der Waals surface area contributed by atoms with Gasteiger partial charge in [-0.2, -0.15) is 24.9 Å². The van der Waals surface area contributed by atoms with Gasteiger partial charge in [0, 0.05) is 11.3 Å². The van der Waals surface area contributed by atoms with E-state index in [9.17, 15) is 13.2 Å². The summed E-state index contributed by atoms with van der Waals surface area (Å²) in [5.74, 6) is 1.30. The maximum atomic E-state index is 11.8. The lowest BCUT2D eigenvalue weighted by Gasteiger charge is -2.05. The minimum Gasteiger partial charge on any atom is -0.167 e. The highest BCUT2D eigenvalue weighted by Crippen LogP contribution is 2.24. The van der Waals surface area contributed by atoms with Crippen LogP contribution in [-0.2, 0) is 0 Å². The van der Waals surface area contributed by atoms with Crippen LogP contribution in [0.25, 0.3) is 0 Å². The molecule has 0 spiro atoms. The maximum absolute atomic E-state index is 11.8. The quantitative estimate of drug-likeness (QED) is 0.479. The van der Waals surface area contributed by atoms with Crippen LogP contribution in [0.3, 0.4) is 0 Å². The van der Waals surface area contributed by atoms with E-state index in [4.69, 9.17) is 0 Å². The predicted molar refractivity (Wildman–Crippen MR) is 42.8 cm³/mol. The molecule has 0 aromatic heterocycles. The molecule has 0 saturated carbocycles. The summed E-state index contributed by atoms with van der Waals surface area (Å²) in [6, 6.07) is 0. The van der Waals surface area contributed by atoms with Crippen molar-refractivity contribution in [2.45, 2.75) is 20.0 Å². The fourth-order valence-corrected chi connectivity index (χ4v) is 1.02. The molecule has 0 nitrogen and oxygen atoms in total. The molecule has 0 N–H and O–H groups in total. The van der Waals surface area contributed by atoms with Crippen LogP contribution in [0.4, 0.5) is 13.2 Å².